The molecule has 1 aliphatic carbocycles. The van der Waals surface area contributed by atoms with Gasteiger partial charge in [0.15, 0.2) is 0 Å². The molecule has 5 heteroatoms. The molecule has 98 valence electrons. The first-order chi connectivity index (χ1) is 8.09. The number of thioether (sulfide) groups is 1. The van der Waals surface area contributed by atoms with Crippen molar-refractivity contribution in [1.82, 2.24) is 5.32 Å². The first-order valence-electron chi connectivity index (χ1n) is 6.18. The van der Waals surface area contributed by atoms with E-state index in [1.54, 1.807) is 0 Å². The highest BCUT2D eigenvalue weighted by molar-refractivity contribution is 7.99. The largest absolute Gasteiger partial charge is 0.481 e. The SMILES string of the molecule is C[C@H]1CCCC[C@H]1NC(=O)CSCCC(=O)O. The number of aliphatic carboxylic acids is 1. The van der Waals surface area contributed by atoms with Crippen LogP contribution in [0.1, 0.15) is 39.0 Å². The highest BCUT2D eigenvalue weighted by Gasteiger charge is 2.22. The van der Waals surface area contributed by atoms with Gasteiger partial charge in [-0.15, -0.1) is 0 Å². The van der Waals surface area contributed by atoms with Crippen molar-refractivity contribution in [3.8, 4) is 0 Å². The van der Waals surface area contributed by atoms with Crippen LogP contribution in [-0.2, 0) is 9.59 Å². The number of hydrogen-bond donors (Lipinski definition) is 2. The van der Waals surface area contributed by atoms with Gasteiger partial charge in [0.05, 0.1) is 12.2 Å². The Morgan fingerprint density at radius 1 is 1.35 bits per heavy atom. The van der Waals surface area contributed by atoms with Crippen LogP contribution < -0.4 is 5.32 Å². The molecule has 1 aliphatic rings. The molecule has 2 N–H and O–H groups in total. The van der Waals surface area contributed by atoms with Crippen molar-refractivity contribution < 1.29 is 14.7 Å². The van der Waals surface area contributed by atoms with E-state index in [1.165, 1.54) is 31.0 Å². The Bertz CT molecular complexity index is 270. The van der Waals surface area contributed by atoms with E-state index in [4.69, 9.17) is 5.11 Å². The molecule has 0 aliphatic heterocycles. The van der Waals surface area contributed by atoms with Gasteiger partial charge in [0, 0.05) is 11.8 Å². The van der Waals surface area contributed by atoms with Gasteiger partial charge in [-0.1, -0.05) is 19.8 Å². The van der Waals surface area contributed by atoms with Crippen molar-refractivity contribution in [2.75, 3.05) is 11.5 Å². The maximum atomic E-state index is 11.6. The van der Waals surface area contributed by atoms with E-state index in [-0.39, 0.29) is 12.3 Å². The van der Waals surface area contributed by atoms with Crippen LogP contribution in [0.4, 0.5) is 0 Å². The van der Waals surface area contributed by atoms with Crippen LogP contribution in [0.25, 0.3) is 0 Å². The fourth-order valence-electron chi connectivity index (χ4n) is 2.10. The van der Waals surface area contributed by atoms with Crippen molar-refractivity contribution in [3.63, 3.8) is 0 Å². The van der Waals surface area contributed by atoms with Crippen LogP contribution in [0.15, 0.2) is 0 Å². The van der Waals surface area contributed by atoms with Crippen LogP contribution in [-0.4, -0.2) is 34.5 Å². The molecule has 1 rings (SSSR count). The van der Waals surface area contributed by atoms with Crippen molar-refractivity contribution in [2.45, 2.75) is 45.1 Å². The second-order valence-electron chi connectivity index (χ2n) is 4.63. The van der Waals surface area contributed by atoms with Crippen molar-refractivity contribution >= 4 is 23.6 Å². The molecule has 0 unspecified atom stereocenters. The summed E-state index contributed by atoms with van der Waals surface area (Å²) in [5.74, 6) is 0.675. The molecule has 0 aromatic heterocycles. The van der Waals surface area contributed by atoms with Crippen molar-refractivity contribution in [1.29, 1.82) is 0 Å². The van der Waals surface area contributed by atoms with Crippen LogP contribution >= 0.6 is 11.8 Å². The third-order valence-corrected chi connectivity index (χ3v) is 4.11. The van der Waals surface area contributed by atoms with Gasteiger partial charge in [0.25, 0.3) is 0 Å². The Morgan fingerprint density at radius 3 is 2.71 bits per heavy atom. The van der Waals surface area contributed by atoms with Crippen molar-refractivity contribution in [3.05, 3.63) is 0 Å². The Morgan fingerprint density at radius 2 is 2.06 bits per heavy atom. The molecule has 1 saturated carbocycles. The molecule has 2 atom stereocenters. The van der Waals surface area contributed by atoms with E-state index in [0.717, 1.165) is 6.42 Å². The van der Waals surface area contributed by atoms with Gasteiger partial charge >= 0.3 is 5.97 Å². The molecule has 0 aromatic carbocycles. The molecule has 17 heavy (non-hydrogen) atoms. The van der Waals surface area contributed by atoms with Gasteiger partial charge in [0.2, 0.25) is 5.91 Å². The van der Waals surface area contributed by atoms with E-state index in [0.29, 0.717) is 23.5 Å². The van der Waals surface area contributed by atoms with Crippen LogP contribution in [0.2, 0.25) is 0 Å². The predicted octanol–water partition coefficient (Wildman–Crippen LogP) is 1.89. The fourth-order valence-corrected chi connectivity index (χ4v) is 2.84. The lowest BCUT2D eigenvalue weighted by Gasteiger charge is -2.29. The molecule has 0 saturated heterocycles. The minimum absolute atomic E-state index is 0.0409. The standard InChI is InChI=1S/C12H21NO3S/c1-9-4-2-3-5-10(9)13-11(14)8-17-7-6-12(15)16/h9-10H,2-8H2,1H3,(H,13,14)(H,15,16)/t9-,10+/m0/s1. The number of carbonyl (C=O) groups is 2. The fraction of sp³-hybridized carbons (Fsp3) is 0.833. The highest BCUT2D eigenvalue weighted by Crippen LogP contribution is 2.23. The minimum atomic E-state index is -0.807. The first-order valence-corrected chi connectivity index (χ1v) is 7.34. The number of carboxylic acids is 1. The molecule has 1 amide bonds. The average Bonchev–Trinajstić information content (AvgIpc) is 2.27. The zero-order chi connectivity index (χ0) is 12.7. The quantitative estimate of drug-likeness (QED) is 0.715. The Balaban J connectivity index is 2.13. The average molecular weight is 259 g/mol. The molecular formula is C12H21NO3S. The van der Waals surface area contributed by atoms with Crippen molar-refractivity contribution in [2.24, 2.45) is 5.92 Å². The minimum Gasteiger partial charge on any atom is -0.481 e. The topological polar surface area (TPSA) is 66.4 Å². The molecule has 0 heterocycles. The summed E-state index contributed by atoms with van der Waals surface area (Å²) in [5, 5.41) is 11.5. The van der Waals surface area contributed by atoms with E-state index < -0.39 is 5.97 Å². The maximum absolute atomic E-state index is 11.6. The summed E-state index contributed by atoms with van der Waals surface area (Å²) in [6, 6.07) is 0.316. The summed E-state index contributed by atoms with van der Waals surface area (Å²) >= 11 is 1.39. The lowest BCUT2D eigenvalue weighted by molar-refractivity contribution is -0.136. The van der Waals surface area contributed by atoms with Gasteiger partial charge in [-0.3, -0.25) is 9.59 Å². The Hall–Kier alpha value is -0.710. The first kappa shape index (κ1) is 14.4. The smallest absolute Gasteiger partial charge is 0.304 e. The van der Waals surface area contributed by atoms with E-state index in [9.17, 15) is 9.59 Å². The molecule has 4 nitrogen and oxygen atoms in total. The van der Waals surface area contributed by atoms with Gasteiger partial charge in [0.1, 0.15) is 0 Å². The summed E-state index contributed by atoms with van der Waals surface area (Å²) in [6.45, 7) is 2.18. The van der Waals surface area contributed by atoms with E-state index in [1.807, 2.05) is 0 Å². The third kappa shape index (κ3) is 5.96. The second-order valence-corrected chi connectivity index (χ2v) is 5.74. The van der Waals surface area contributed by atoms with Crippen LogP contribution in [0.5, 0.6) is 0 Å². The molecular weight excluding hydrogens is 238 g/mol. The van der Waals surface area contributed by atoms with E-state index in [2.05, 4.69) is 12.2 Å². The lowest BCUT2D eigenvalue weighted by atomic mass is 9.86. The number of amides is 1. The molecule has 0 bridgehead atoms. The number of carboxylic acid groups (broad SMARTS) is 1. The number of rotatable bonds is 6. The Kier molecular flexibility index (Phi) is 6.40. The molecule has 0 radical (unpaired) electrons. The monoisotopic (exact) mass is 259 g/mol. The number of nitrogens with one attached hydrogen (secondary N) is 1. The van der Waals surface area contributed by atoms with Crippen LogP contribution in [0, 0.1) is 5.92 Å². The number of hydrogen-bond acceptors (Lipinski definition) is 3. The van der Waals surface area contributed by atoms with E-state index >= 15 is 0 Å². The Labute approximate surface area is 107 Å². The normalized spacial score (nSPS) is 24.3. The zero-order valence-electron chi connectivity index (χ0n) is 10.3. The lowest BCUT2D eigenvalue weighted by Crippen LogP contribution is -2.41. The number of carbonyl (C=O) groups excluding carboxylic acids is 1. The summed E-state index contributed by atoms with van der Waals surface area (Å²) < 4.78 is 0. The van der Waals surface area contributed by atoms with Crippen LogP contribution in [0.3, 0.4) is 0 Å². The highest BCUT2D eigenvalue weighted by atomic mass is 32.2. The molecule has 0 aromatic rings. The summed E-state index contributed by atoms with van der Waals surface area (Å²) in [4.78, 5) is 21.9. The predicted molar refractivity (Wildman–Crippen MR) is 69.1 cm³/mol. The third-order valence-electron chi connectivity index (χ3n) is 3.15. The second kappa shape index (κ2) is 7.58. The van der Waals surface area contributed by atoms with Gasteiger partial charge in [-0.05, 0) is 18.8 Å². The summed E-state index contributed by atoms with van der Waals surface area (Å²) in [5.41, 5.74) is 0. The maximum Gasteiger partial charge on any atom is 0.304 e. The zero-order valence-corrected chi connectivity index (χ0v) is 11.1. The van der Waals surface area contributed by atoms with Gasteiger partial charge < -0.3 is 10.4 Å². The summed E-state index contributed by atoms with van der Waals surface area (Å²) in [6.07, 6.45) is 4.85. The van der Waals surface area contributed by atoms with Gasteiger partial charge in [-0.2, -0.15) is 11.8 Å². The molecule has 0 spiro atoms. The molecule has 1 fully saturated rings. The summed E-state index contributed by atoms with van der Waals surface area (Å²) in [7, 11) is 0. The van der Waals surface area contributed by atoms with Gasteiger partial charge in [-0.25, -0.2) is 0 Å².